The number of fused-ring (bicyclic) bond motifs is 1. The molecule has 1 amide bonds. The largest absolute Gasteiger partial charge is 0.497 e. The van der Waals surface area contributed by atoms with Crippen LogP contribution in [0.15, 0.2) is 59.5 Å². The van der Waals surface area contributed by atoms with Crippen molar-refractivity contribution < 1.29 is 18.5 Å². The summed E-state index contributed by atoms with van der Waals surface area (Å²) in [6.07, 6.45) is 0.0907. The van der Waals surface area contributed by atoms with Crippen LogP contribution in [0.2, 0.25) is 0 Å². The summed E-state index contributed by atoms with van der Waals surface area (Å²) in [4.78, 5) is 15.7. The highest BCUT2D eigenvalue weighted by molar-refractivity contribution is 7.87. The zero-order chi connectivity index (χ0) is 18.3. The van der Waals surface area contributed by atoms with Gasteiger partial charge in [-0.3, -0.25) is 9.00 Å². The molecule has 2 saturated heterocycles. The zero-order valence-corrected chi connectivity index (χ0v) is 15.6. The summed E-state index contributed by atoms with van der Waals surface area (Å²) in [5.74, 6) is 0.647. The minimum atomic E-state index is -1.41. The van der Waals surface area contributed by atoms with Crippen molar-refractivity contribution in [1.29, 1.82) is 0 Å². The molecule has 0 aliphatic carbocycles. The standard InChI is InChI=1S/C20H21NO4S/c1-20(26(23)17-6-4-3-5-7-17)12-15-13-25-18(21(15)19(20)22)14-8-10-16(24-2)11-9-14/h3-11,15,18H,12-13H2,1-2H3/t15-,18+,20+,26?/m0/s1. The Hall–Kier alpha value is -2.18. The molecule has 5 nitrogen and oxygen atoms in total. The Labute approximate surface area is 155 Å². The van der Waals surface area contributed by atoms with E-state index in [0.29, 0.717) is 17.9 Å². The summed E-state index contributed by atoms with van der Waals surface area (Å²) in [5, 5.41) is 0. The molecule has 26 heavy (non-hydrogen) atoms. The van der Waals surface area contributed by atoms with Gasteiger partial charge in [0.05, 0.1) is 30.6 Å². The summed E-state index contributed by atoms with van der Waals surface area (Å²) in [5.41, 5.74) is 0.899. The molecule has 2 aromatic carbocycles. The molecule has 2 fully saturated rings. The second-order valence-electron chi connectivity index (χ2n) is 6.84. The monoisotopic (exact) mass is 371 g/mol. The number of benzene rings is 2. The fraction of sp³-hybridized carbons (Fsp3) is 0.350. The number of hydrogen-bond acceptors (Lipinski definition) is 4. The van der Waals surface area contributed by atoms with Crippen LogP contribution in [0.25, 0.3) is 0 Å². The van der Waals surface area contributed by atoms with E-state index < -0.39 is 21.8 Å². The number of rotatable bonds is 4. The van der Waals surface area contributed by atoms with E-state index in [1.54, 1.807) is 12.0 Å². The van der Waals surface area contributed by atoms with Gasteiger partial charge in [0.1, 0.15) is 10.5 Å². The molecule has 2 aliphatic heterocycles. The minimum absolute atomic E-state index is 0.0488. The summed E-state index contributed by atoms with van der Waals surface area (Å²) in [6, 6.07) is 16.7. The number of carbonyl (C=O) groups excluding carboxylic acids is 1. The summed E-state index contributed by atoms with van der Waals surface area (Å²) >= 11 is 0. The molecule has 0 aromatic heterocycles. The van der Waals surface area contributed by atoms with Gasteiger partial charge in [0.2, 0.25) is 5.91 Å². The van der Waals surface area contributed by atoms with Gasteiger partial charge in [-0.15, -0.1) is 0 Å². The van der Waals surface area contributed by atoms with Gasteiger partial charge in [0, 0.05) is 10.5 Å². The maximum Gasteiger partial charge on any atom is 0.244 e. The molecule has 4 atom stereocenters. The fourth-order valence-corrected chi connectivity index (χ4v) is 5.31. The lowest BCUT2D eigenvalue weighted by Crippen LogP contribution is -2.42. The smallest absolute Gasteiger partial charge is 0.244 e. The number of carbonyl (C=O) groups is 1. The van der Waals surface area contributed by atoms with Crippen LogP contribution in [-0.4, -0.2) is 39.5 Å². The maximum atomic E-state index is 13.3. The Bertz CT molecular complexity index is 839. The van der Waals surface area contributed by atoms with Crippen molar-refractivity contribution in [3.05, 3.63) is 60.2 Å². The second kappa shape index (κ2) is 6.52. The Kier molecular flexibility index (Phi) is 4.32. The van der Waals surface area contributed by atoms with Gasteiger partial charge in [-0.25, -0.2) is 0 Å². The van der Waals surface area contributed by atoms with E-state index in [-0.39, 0.29) is 11.9 Å². The van der Waals surface area contributed by atoms with Crippen molar-refractivity contribution in [1.82, 2.24) is 4.90 Å². The fourth-order valence-electron chi connectivity index (χ4n) is 3.78. The molecule has 0 saturated carbocycles. The first-order chi connectivity index (χ1) is 12.5. The van der Waals surface area contributed by atoms with Crippen LogP contribution in [0.4, 0.5) is 0 Å². The molecule has 0 N–H and O–H groups in total. The highest BCUT2D eigenvalue weighted by atomic mass is 32.2. The topological polar surface area (TPSA) is 55.8 Å². The first kappa shape index (κ1) is 17.2. The molecule has 136 valence electrons. The van der Waals surface area contributed by atoms with Gasteiger partial charge in [-0.2, -0.15) is 0 Å². The Morgan fingerprint density at radius 1 is 1.15 bits per heavy atom. The lowest BCUT2D eigenvalue weighted by atomic mass is 10.1. The first-order valence-electron chi connectivity index (χ1n) is 8.60. The highest BCUT2D eigenvalue weighted by Crippen LogP contribution is 2.45. The summed E-state index contributed by atoms with van der Waals surface area (Å²) in [6.45, 7) is 2.27. The van der Waals surface area contributed by atoms with Gasteiger partial charge in [-0.05, 0) is 37.6 Å². The predicted molar refractivity (Wildman–Crippen MR) is 98.2 cm³/mol. The second-order valence-corrected chi connectivity index (χ2v) is 8.75. The van der Waals surface area contributed by atoms with Crippen molar-refractivity contribution >= 4 is 16.7 Å². The first-order valence-corrected chi connectivity index (χ1v) is 9.75. The van der Waals surface area contributed by atoms with Crippen molar-refractivity contribution in [2.45, 2.75) is 35.3 Å². The Morgan fingerprint density at radius 3 is 2.50 bits per heavy atom. The molecule has 2 heterocycles. The van der Waals surface area contributed by atoms with Crippen LogP contribution < -0.4 is 4.74 Å². The quantitative estimate of drug-likeness (QED) is 0.829. The van der Waals surface area contributed by atoms with Crippen molar-refractivity contribution in [3.8, 4) is 5.75 Å². The van der Waals surface area contributed by atoms with Crippen molar-refractivity contribution in [2.75, 3.05) is 13.7 Å². The van der Waals surface area contributed by atoms with E-state index in [9.17, 15) is 9.00 Å². The molecule has 1 unspecified atom stereocenters. The Morgan fingerprint density at radius 2 is 1.85 bits per heavy atom. The number of amides is 1. The van der Waals surface area contributed by atoms with Crippen LogP contribution in [-0.2, 0) is 20.3 Å². The molecule has 0 radical (unpaired) electrons. The van der Waals surface area contributed by atoms with Crippen LogP contribution >= 0.6 is 0 Å². The van der Waals surface area contributed by atoms with Crippen LogP contribution in [0.1, 0.15) is 25.1 Å². The number of methoxy groups -OCH3 is 1. The molecule has 6 heteroatoms. The molecule has 4 rings (SSSR count). The van der Waals surface area contributed by atoms with Crippen LogP contribution in [0, 0.1) is 0 Å². The lowest BCUT2D eigenvalue weighted by molar-refractivity contribution is -0.135. The minimum Gasteiger partial charge on any atom is -0.497 e. The summed E-state index contributed by atoms with van der Waals surface area (Å²) < 4.78 is 23.3. The molecule has 0 bridgehead atoms. The van der Waals surface area contributed by atoms with E-state index in [1.807, 2.05) is 61.5 Å². The normalized spacial score (nSPS) is 28.8. The molecule has 0 spiro atoms. The van der Waals surface area contributed by atoms with Crippen molar-refractivity contribution in [3.63, 3.8) is 0 Å². The van der Waals surface area contributed by atoms with E-state index in [2.05, 4.69) is 0 Å². The molecule has 2 aromatic rings. The average Bonchev–Trinajstić information content (AvgIpc) is 3.20. The lowest BCUT2D eigenvalue weighted by Gasteiger charge is -2.26. The van der Waals surface area contributed by atoms with Gasteiger partial charge < -0.3 is 14.4 Å². The van der Waals surface area contributed by atoms with E-state index in [0.717, 1.165) is 11.3 Å². The van der Waals surface area contributed by atoms with Crippen LogP contribution in [0.3, 0.4) is 0 Å². The van der Waals surface area contributed by atoms with Crippen LogP contribution in [0.5, 0.6) is 5.75 Å². The third-order valence-corrected chi connectivity index (χ3v) is 7.03. The number of nitrogens with zero attached hydrogens (tertiary/aromatic N) is 1. The Balaban J connectivity index is 1.62. The average molecular weight is 371 g/mol. The molecule has 2 aliphatic rings. The third-order valence-electron chi connectivity index (χ3n) is 5.17. The SMILES string of the molecule is COc1ccc([C@H]2OC[C@@H]3C[C@@](C)(S(=O)c4ccccc4)C(=O)N32)cc1. The number of hydrogen-bond donors (Lipinski definition) is 0. The highest BCUT2D eigenvalue weighted by Gasteiger charge is 2.57. The van der Waals surface area contributed by atoms with E-state index in [1.165, 1.54) is 0 Å². The van der Waals surface area contributed by atoms with E-state index >= 15 is 0 Å². The number of ether oxygens (including phenoxy) is 2. The van der Waals surface area contributed by atoms with Gasteiger partial charge in [0.15, 0.2) is 6.23 Å². The zero-order valence-electron chi connectivity index (χ0n) is 14.8. The third kappa shape index (κ3) is 2.64. The van der Waals surface area contributed by atoms with Gasteiger partial charge in [-0.1, -0.05) is 30.3 Å². The maximum absolute atomic E-state index is 13.3. The predicted octanol–water partition coefficient (Wildman–Crippen LogP) is 2.89. The van der Waals surface area contributed by atoms with E-state index in [4.69, 9.17) is 9.47 Å². The van der Waals surface area contributed by atoms with Gasteiger partial charge in [0.25, 0.3) is 0 Å². The summed E-state index contributed by atoms with van der Waals surface area (Å²) in [7, 11) is 0.210. The van der Waals surface area contributed by atoms with Gasteiger partial charge >= 0.3 is 0 Å². The molecular weight excluding hydrogens is 350 g/mol. The van der Waals surface area contributed by atoms with Crippen molar-refractivity contribution in [2.24, 2.45) is 0 Å². The molecular formula is C20H21NO4S.